The fraction of sp³-hybridized carbons (Fsp3) is 0.0667. The van der Waals surface area contributed by atoms with E-state index in [-0.39, 0.29) is 11.5 Å². The Morgan fingerprint density at radius 1 is 1.19 bits per heavy atom. The van der Waals surface area contributed by atoms with Gasteiger partial charge in [-0.3, -0.25) is 4.79 Å². The van der Waals surface area contributed by atoms with Crippen LogP contribution in [0.3, 0.4) is 0 Å². The Labute approximate surface area is 135 Å². The third kappa shape index (κ3) is 3.65. The molecule has 0 aliphatic heterocycles. The predicted molar refractivity (Wildman–Crippen MR) is 89.2 cm³/mol. The summed E-state index contributed by atoms with van der Waals surface area (Å²) in [5.74, 6) is -0.775. The molecular formula is C15H12BrFN2OS. The zero-order chi connectivity index (χ0) is 15.6. The molecule has 2 aromatic carbocycles. The van der Waals surface area contributed by atoms with Gasteiger partial charge in [-0.15, -0.1) is 0 Å². The van der Waals surface area contributed by atoms with Crippen molar-refractivity contribution in [1.29, 1.82) is 0 Å². The Kier molecular flexibility index (Phi) is 4.69. The van der Waals surface area contributed by atoms with Gasteiger partial charge in [0.25, 0.3) is 5.91 Å². The molecule has 21 heavy (non-hydrogen) atoms. The third-order valence-electron chi connectivity index (χ3n) is 2.95. The first-order valence-electron chi connectivity index (χ1n) is 6.02. The molecule has 0 aliphatic carbocycles. The van der Waals surface area contributed by atoms with Gasteiger partial charge in [0, 0.05) is 28.3 Å². The number of hydrogen-bond acceptors (Lipinski definition) is 2. The number of halogens is 2. The monoisotopic (exact) mass is 366 g/mol. The van der Waals surface area contributed by atoms with Crippen molar-refractivity contribution in [2.75, 3.05) is 11.9 Å². The van der Waals surface area contributed by atoms with Crippen molar-refractivity contribution in [2.45, 2.75) is 0 Å². The van der Waals surface area contributed by atoms with Crippen molar-refractivity contribution in [3.63, 3.8) is 0 Å². The van der Waals surface area contributed by atoms with E-state index in [0.29, 0.717) is 15.1 Å². The maximum Gasteiger partial charge on any atom is 0.258 e. The van der Waals surface area contributed by atoms with Gasteiger partial charge in [-0.2, -0.15) is 0 Å². The summed E-state index contributed by atoms with van der Waals surface area (Å²) in [6.45, 7) is 0. The SMILES string of the molecule is CN(C(=O)c1cc(F)cc(Br)c1)c1ccc(C(N)=S)cc1. The van der Waals surface area contributed by atoms with Crippen LogP contribution < -0.4 is 10.6 Å². The van der Waals surface area contributed by atoms with E-state index >= 15 is 0 Å². The zero-order valence-electron chi connectivity index (χ0n) is 11.1. The molecule has 3 nitrogen and oxygen atoms in total. The van der Waals surface area contributed by atoms with E-state index in [1.807, 2.05) is 0 Å². The van der Waals surface area contributed by atoms with Crippen LogP contribution in [0.15, 0.2) is 46.9 Å². The quantitative estimate of drug-likeness (QED) is 0.845. The Morgan fingerprint density at radius 2 is 1.81 bits per heavy atom. The van der Waals surface area contributed by atoms with Crippen LogP contribution >= 0.6 is 28.1 Å². The minimum absolute atomic E-state index is 0.266. The van der Waals surface area contributed by atoms with Gasteiger partial charge < -0.3 is 10.6 Å². The number of carbonyl (C=O) groups is 1. The molecule has 0 fully saturated rings. The van der Waals surface area contributed by atoms with Crippen LogP contribution in [0, 0.1) is 5.82 Å². The van der Waals surface area contributed by atoms with E-state index in [9.17, 15) is 9.18 Å². The summed E-state index contributed by atoms with van der Waals surface area (Å²) in [4.78, 5) is 14.1. The summed E-state index contributed by atoms with van der Waals surface area (Å²) >= 11 is 8.05. The van der Waals surface area contributed by atoms with Gasteiger partial charge in [0.1, 0.15) is 10.8 Å². The topological polar surface area (TPSA) is 46.3 Å². The molecule has 0 aliphatic rings. The summed E-state index contributed by atoms with van der Waals surface area (Å²) < 4.78 is 13.9. The molecule has 108 valence electrons. The number of amides is 1. The summed E-state index contributed by atoms with van der Waals surface area (Å²) in [5, 5.41) is 0. The average Bonchev–Trinajstić information content (AvgIpc) is 2.44. The van der Waals surface area contributed by atoms with Crippen LogP contribution in [0.4, 0.5) is 10.1 Å². The largest absolute Gasteiger partial charge is 0.389 e. The number of carbonyl (C=O) groups excluding carboxylic acids is 1. The van der Waals surface area contributed by atoms with Crippen LogP contribution in [0.1, 0.15) is 15.9 Å². The number of anilines is 1. The van der Waals surface area contributed by atoms with Gasteiger partial charge >= 0.3 is 0 Å². The van der Waals surface area contributed by atoms with Crippen molar-refractivity contribution in [3.8, 4) is 0 Å². The molecule has 0 atom stereocenters. The molecule has 2 aromatic rings. The molecule has 0 aromatic heterocycles. The first kappa shape index (κ1) is 15.6. The normalized spacial score (nSPS) is 10.2. The Balaban J connectivity index is 2.28. The van der Waals surface area contributed by atoms with Crippen molar-refractivity contribution in [3.05, 3.63) is 63.9 Å². The zero-order valence-corrected chi connectivity index (χ0v) is 13.5. The molecule has 2 N–H and O–H groups in total. The Morgan fingerprint density at radius 3 is 2.33 bits per heavy atom. The van der Waals surface area contributed by atoms with Gasteiger partial charge in [-0.1, -0.05) is 28.1 Å². The fourth-order valence-electron chi connectivity index (χ4n) is 1.84. The molecule has 0 saturated heterocycles. The van der Waals surface area contributed by atoms with Crippen molar-refractivity contribution >= 4 is 44.7 Å². The number of hydrogen-bond donors (Lipinski definition) is 1. The van der Waals surface area contributed by atoms with Gasteiger partial charge in [-0.05, 0) is 42.5 Å². The number of thiocarbonyl (C=S) groups is 1. The van der Waals surface area contributed by atoms with Crippen molar-refractivity contribution in [1.82, 2.24) is 0 Å². The van der Waals surface area contributed by atoms with Crippen LogP contribution in [0.25, 0.3) is 0 Å². The maximum absolute atomic E-state index is 13.4. The highest BCUT2D eigenvalue weighted by molar-refractivity contribution is 9.10. The molecule has 0 bridgehead atoms. The van der Waals surface area contributed by atoms with E-state index < -0.39 is 5.82 Å². The number of nitrogens with two attached hydrogens (primary N) is 1. The van der Waals surface area contributed by atoms with Crippen LogP contribution in [-0.4, -0.2) is 17.9 Å². The molecule has 0 radical (unpaired) electrons. The second kappa shape index (κ2) is 6.32. The average molecular weight is 367 g/mol. The molecule has 6 heteroatoms. The molecule has 1 amide bonds. The molecule has 0 saturated carbocycles. The highest BCUT2D eigenvalue weighted by Crippen LogP contribution is 2.20. The molecule has 0 heterocycles. The molecule has 0 unspecified atom stereocenters. The lowest BCUT2D eigenvalue weighted by Crippen LogP contribution is -2.26. The van der Waals surface area contributed by atoms with E-state index in [0.717, 1.165) is 5.56 Å². The summed E-state index contributed by atoms with van der Waals surface area (Å²) in [7, 11) is 1.62. The standard InChI is InChI=1S/C15H12BrFN2OS/c1-19(13-4-2-9(3-5-13)14(18)21)15(20)10-6-11(16)8-12(17)7-10/h2-8H,1H3,(H2,18,21). The second-order valence-electron chi connectivity index (χ2n) is 4.43. The summed E-state index contributed by atoms with van der Waals surface area (Å²) in [6.07, 6.45) is 0. The van der Waals surface area contributed by atoms with Crippen molar-refractivity contribution in [2.24, 2.45) is 5.73 Å². The highest BCUT2D eigenvalue weighted by Gasteiger charge is 2.15. The first-order chi connectivity index (χ1) is 9.88. The maximum atomic E-state index is 13.4. The van der Waals surface area contributed by atoms with E-state index in [4.69, 9.17) is 18.0 Å². The highest BCUT2D eigenvalue weighted by atomic mass is 79.9. The smallest absolute Gasteiger partial charge is 0.258 e. The van der Waals surface area contributed by atoms with E-state index in [1.165, 1.54) is 17.0 Å². The lowest BCUT2D eigenvalue weighted by molar-refractivity contribution is 0.0992. The number of nitrogens with zero attached hydrogens (tertiary/aromatic N) is 1. The molecular weight excluding hydrogens is 355 g/mol. The van der Waals surface area contributed by atoms with Crippen LogP contribution in [0.2, 0.25) is 0 Å². The Bertz CT molecular complexity index is 683. The summed E-state index contributed by atoms with van der Waals surface area (Å²) in [5.41, 5.74) is 7.19. The second-order valence-corrected chi connectivity index (χ2v) is 5.79. The lowest BCUT2D eigenvalue weighted by atomic mass is 10.1. The van der Waals surface area contributed by atoms with Gasteiger partial charge in [0.2, 0.25) is 0 Å². The van der Waals surface area contributed by atoms with Gasteiger partial charge in [-0.25, -0.2) is 4.39 Å². The summed E-state index contributed by atoms with van der Waals surface area (Å²) in [6, 6.07) is 11.0. The first-order valence-corrected chi connectivity index (χ1v) is 7.22. The minimum atomic E-state index is -0.468. The van der Waals surface area contributed by atoms with Gasteiger partial charge in [0.05, 0.1) is 0 Å². The molecule has 0 spiro atoms. The predicted octanol–water partition coefficient (Wildman–Crippen LogP) is 3.50. The fourth-order valence-corrected chi connectivity index (χ4v) is 2.44. The lowest BCUT2D eigenvalue weighted by Gasteiger charge is -2.18. The molecule has 2 rings (SSSR count). The van der Waals surface area contributed by atoms with E-state index in [2.05, 4.69) is 15.9 Å². The van der Waals surface area contributed by atoms with Gasteiger partial charge in [0.15, 0.2) is 0 Å². The minimum Gasteiger partial charge on any atom is -0.389 e. The van der Waals surface area contributed by atoms with Crippen molar-refractivity contribution < 1.29 is 9.18 Å². The third-order valence-corrected chi connectivity index (χ3v) is 3.65. The Hall–Kier alpha value is -1.79. The van der Waals surface area contributed by atoms with E-state index in [1.54, 1.807) is 37.4 Å². The number of rotatable bonds is 3. The van der Waals surface area contributed by atoms with Crippen LogP contribution in [-0.2, 0) is 0 Å². The van der Waals surface area contributed by atoms with Crippen LogP contribution in [0.5, 0.6) is 0 Å². The number of benzene rings is 2.